The van der Waals surface area contributed by atoms with Gasteiger partial charge in [0.05, 0.1) is 12.0 Å². The zero-order valence-corrected chi connectivity index (χ0v) is 11.2. The molecule has 0 radical (unpaired) electrons. The van der Waals surface area contributed by atoms with Gasteiger partial charge in [0.1, 0.15) is 0 Å². The monoisotopic (exact) mass is 250 g/mol. The summed E-state index contributed by atoms with van der Waals surface area (Å²) in [5.74, 6) is -0.293. The molecule has 1 aromatic carbocycles. The van der Waals surface area contributed by atoms with Gasteiger partial charge in [-0.05, 0) is 44.9 Å². The number of hydrogen-bond donors (Lipinski definition) is 3. The largest absolute Gasteiger partial charge is 0.399 e. The topological polar surface area (TPSA) is 75.3 Å². The van der Waals surface area contributed by atoms with Crippen LogP contribution in [0.2, 0.25) is 0 Å². The Hall–Kier alpha value is -1.55. The molecule has 0 heterocycles. The molecule has 4 N–H and O–H groups in total. The van der Waals surface area contributed by atoms with E-state index in [1.165, 1.54) is 0 Å². The van der Waals surface area contributed by atoms with Crippen molar-refractivity contribution in [3.8, 4) is 0 Å². The Bertz CT molecular complexity index is 405. The summed E-state index contributed by atoms with van der Waals surface area (Å²) in [6, 6.07) is 7.29. The third kappa shape index (κ3) is 4.37. The van der Waals surface area contributed by atoms with Crippen molar-refractivity contribution in [1.29, 1.82) is 0 Å². The van der Waals surface area contributed by atoms with Crippen LogP contribution in [0.4, 0.5) is 5.69 Å². The molecule has 0 aliphatic rings. The third-order valence-electron chi connectivity index (χ3n) is 2.89. The number of nitrogen functional groups attached to an aromatic ring is 1. The van der Waals surface area contributed by atoms with Crippen LogP contribution in [0.25, 0.3) is 0 Å². The Morgan fingerprint density at radius 1 is 1.39 bits per heavy atom. The molecule has 0 aliphatic carbocycles. The van der Waals surface area contributed by atoms with Gasteiger partial charge in [0.2, 0.25) is 5.91 Å². The first-order chi connectivity index (χ1) is 8.40. The molecule has 1 rings (SSSR count). The summed E-state index contributed by atoms with van der Waals surface area (Å²) >= 11 is 0. The number of amides is 1. The highest BCUT2D eigenvalue weighted by Gasteiger charge is 2.17. The number of nitrogens with two attached hydrogens (primary N) is 1. The zero-order valence-electron chi connectivity index (χ0n) is 11.2. The van der Waals surface area contributed by atoms with Crippen molar-refractivity contribution in [3.63, 3.8) is 0 Å². The van der Waals surface area contributed by atoms with Crippen molar-refractivity contribution < 1.29 is 9.90 Å². The lowest BCUT2D eigenvalue weighted by Crippen LogP contribution is -2.37. The fraction of sp³-hybridized carbons (Fsp3) is 0.500. The van der Waals surface area contributed by atoms with Crippen LogP contribution in [0, 0.1) is 0 Å². The lowest BCUT2D eigenvalue weighted by Gasteiger charge is -2.19. The number of anilines is 1. The second-order valence-electron chi connectivity index (χ2n) is 4.89. The number of hydrogen-bond acceptors (Lipinski definition) is 3. The average Bonchev–Trinajstić information content (AvgIpc) is 2.26. The van der Waals surface area contributed by atoms with Gasteiger partial charge in [-0.25, -0.2) is 0 Å². The maximum absolute atomic E-state index is 12.0. The van der Waals surface area contributed by atoms with E-state index in [2.05, 4.69) is 5.32 Å². The summed E-state index contributed by atoms with van der Waals surface area (Å²) in [5.41, 5.74) is 7.26. The van der Waals surface area contributed by atoms with Crippen LogP contribution >= 0.6 is 0 Å². The molecule has 1 aromatic rings. The molecule has 0 saturated heterocycles. The molecule has 0 spiro atoms. The molecule has 3 unspecified atom stereocenters. The van der Waals surface area contributed by atoms with Crippen LogP contribution in [0.5, 0.6) is 0 Å². The van der Waals surface area contributed by atoms with E-state index in [-0.39, 0.29) is 17.9 Å². The number of benzene rings is 1. The molecular formula is C14H22N2O2. The molecule has 0 aliphatic heterocycles. The van der Waals surface area contributed by atoms with E-state index in [1.54, 1.807) is 13.0 Å². The summed E-state index contributed by atoms with van der Waals surface area (Å²) < 4.78 is 0. The summed E-state index contributed by atoms with van der Waals surface area (Å²) in [6.07, 6.45) is 0.137. The van der Waals surface area contributed by atoms with E-state index in [1.807, 2.05) is 32.0 Å². The average molecular weight is 250 g/mol. The number of carbonyl (C=O) groups excluding carboxylic acids is 1. The minimum atomic E-state index is -0.414. The van der Waals surface area contributed by atoms with Gasteiger partial charge in [-0.1, -0.05) is 12.1 Å². The van der Waals surface area contributed by atoms with E-state index < -0.39 is 6.10 Å². The van der Waals surface area contributed by atoms with E-state index in [0.29, 0.717) is 12.1 Å². The normalized spacial score (nSPS) is 15.8. The van der Waals surface area contributed by atoms with Crippen molar-refractivity contribution >= 4 is 11.6 Å². The van der Waals surface area contributed by atoms with Crippen molar-refractivity contribution in [2.45, 2.75) is 45.3 Å². The van der Waals surface area contributed by atoms with Crippen molar-refractivity contribution in [2.24, 2.45) is 0 Å². The number of aliphatic hydroxyl groups is 1. The van der Waals surface area contributed by atoms with Crippen LogP contribution in [-0.2, 0) is 4.79 Å². The van der Waals surface area contributed by atoms with Gasteiger partial charge in [-0.3, -0.25) is 4.79 Å². The maximum atomic E-state index is 12.0. The van der Waals surface area contributed by atoms with Gasteiger partial charge in [0, 0.05) is 11.7 Å². The molecule has 100 valence electrons. The van der Waals surface area contributed by atoms with E-state index in [0.717, 1.165) is 5.56 Å². The first-order valence-electron chi connectivity index (χ1n) is 6.24. The summed E-state index contributed by atoms with van der Waals surface area (Å²) in [6.45, 7) is 5.44. The van der Waals surface area contributed by atoms with Gasteiger partial charge < -0.3 is 16.2 Å². The van der Waals surface area contributed by atoms with Crippen LogP contribution in [0.15, 0.2) is 24.3 Å². The highest BCUT2D eigenvalue weighted by molar-refractivity contribution is 5.83. The second kappa shape index (κ2) is 6.40. The standard InChI is InChI=1S/C14H22N2O2/c1-9(7-10(2)17)16-14(18)11(3)12-5-4-6-13(15)8-12/h4-6,8-11,17H,7,15H2,1-3H3,(H,16,18). The minimum absolute atomic E-state index is 0.0407. The van der Waals surface area contributed by atoms with Gasteiger partial charge >= 0.3 is 0 Å². The molecule has 4 nitrogen and oxygen atoms in total. The summed E-state index contributed by atoms with van der Waals surface area (Å²) in [7, 11) is 0. The molecular weight excluding hydrogens is 228 g/mol. The SMILES string of the molecule is CC(O)CC(C)NC(=O)C(C)c1cccc(N)c1. The molecule has 1 amide bonds. The van der Waals surface area contributed by atoms with E-state index in [9.17, 15) is 9.90 Å². The zero-order chi connectivity index (χ0) is 13.7. The van der Waals surface area contributed by atoms with Gasteiger partial charge in [0.15, 0.2) is 0 Å². The molecule has 0 saturated carbocycles. The predicted molar refractivity (Wildman–Crippen MR) is 73.2 cm³/mol. The molecule has 18 heavy (non-hydrogen) atoms. The third-order valence-corrected chi connectivity index (χ3v) is 2.89. The van der Waals surface area contributed by atoms with Crippen molar-refractivity contribution in [1.82, 2.24) is 5.32 Å². The van der Waals surface area contributed by atoms with Gasteiger partial charge in [0.25, 0.3) is 0 Å². The highest BCUT2D eigenvalue weighted by atomic mass is 16.3. The second-order valence-corrected chi connectivity index (χ2v) is 4.89. The Morgan fingerprint density at radius 2 is 2.06 bits per heavy atom. The van der Waals surface area contributed by atoms with Crippen LogP contribution in [-0.4, -0.2) is 23.2 Å². The summed E-state index contributed by atoms with van der Waals surface area (Å²) in [4.78, 5) is 12.0. The highest BCUT2D eigenvalue weighted by Crippen LogP contribution is 2.18. The Labute approximate surface area is 108 Å². The fourth-order valence-electron chi connectivity index (χ4n) is 1.92. The fourth-order valence-corrected chi connectivity index (χ4v) is 1.92. The van der Waals surface area contributed by atoms with Crippen molar-refractivity contribution in [2.75, 3.05) is 5.73 Å². The molecule has 0 aromatic heterocycles. The summed E-state index contributed by atoms with van der Waals surface area (Å²) in [5, 5.41) is 12.1. The Balaban J connectivity index is 2.61. The molecule has 3 atom stereocenters. The van der Waals surface area contributed by atoms with E-state index >= 15 is 0 Å². The Morgan fingerprint density at radius 3 is 2.61 bits per heavy atom. The van der Waals surface area contributed by atoms with Gasteiger partial charge in [-0.2, -0.15) is 0 Å². The number of nitrogens with one attached hydrogen (secondary N) is 1. The number of rotatable bonds is 5. The van der Waals surface area contributed by atoms with E-state index in [4.69, 9.17) is 5.73 Å². The minimum Gasteiger partial charge on any atom is -0.399 e. The number of carbonyl (C=O) groups is 1. The van der Waals surface area contributed by atoms with Crippen LogP contribution < -0.4 is 11.1 Å². The first-order valence-corrected chi connectivity index (χ1v) is 6.24. The van der Waals surface area contributed by atoms with Crippen LogP contribution in [0.1, 0.15) is 38.7 Å². The quantitative estimate of drug-likeness (QED) is 0.695. The predicted octanol–water partition coefficient (Wildman–Crippen LogP) is 1.65. The molecule has 0 bridgehead atoms. The maximum Gasteiger partial charge on any atom is 0.227 e. The molecule has 0 fully saturated rings. The Kier molecular flexibility index (Phi) is 5.16. The lowest BCUT2D eigenvalue weighted by atomic mass is 9.99. The number of aliphatic hydroxyl groups excluding tert-OH is 1. The smallest absolute Gasteiger partial charge is 0.227 e. The van der Waals surface area contributed by atoms with Crippen LogP contribution in [0.3, 0.4) is 0 Å². The van der Waals surface area contributed by atoms with Gasteiger partial charge in [-0.15, -0.1) is 0 Å². The molecule has 4 heteroatoms. The van der Waals surface area contributed by atoms with Crippen molar-refractivity contribution in [3.05, 3.63) is 29.8 Å². The first kappa shape index (κ1) is 14.5. The lowest BCUT2D eigenvalue weighted by molar-refractivity contribution is -0.122.